The average molecular weight is 1740 g/mol. The lowest BCUT2D eigenvalue weighted by Crippen LogP contribution is -2.42. The quantitative estimate of drug-likeness (QED) is 0.140. The van der Waals surface area contributed by atoms with E-state index in [-0.39, 0.29) is 18.5 Å². The average Bonchev–Trinajstić information content (AvgIpc) is 1.59. The fourth-order valence-corrected chi connectivity index (χ4v) is 20.3. The molecule has 0 spiro atoms. The molecule has 131 heavy (non-hydrogen) atoms. The van der Waals surface area contributed by atoms with Gasteiger partial charge in [-0.3, -0.25) is 4.90 Å². The third-order valence-corrected chi connectivity index (χ3v) is 26.1. The molecule has 5 aliphatic heterocycles. The Balaban J connectivity index is 0.000000104. The number of aryl methyl sites for hydroxylation is 5. The first-order chi connectivity index (χ1) is 66.9. The highest BCUT2D eigenvalue weighted by Crippen LogP contribution is 2.55. The fraction of sp³-hybridized carbons (Fsp3) is 0.236. The van der Waals surface area contributed by atoms with E-state index >= 15 is 0 Å². The summed E-state index contributed by atoms with van der Waals surface area (Å²) in [6, 6.07) is 74.7. The Morgan fingerprint density at radius 1 is 0.244 bits per heavy atom. The molecular weight excluding hydrogens is 1630 g/mol. The SMILES string of the molecule is [2H]C(C)(C)N1c2cccnc2N(c2c(C)ccc3c2oc2ccccc23)C1C.[2H]C(C)(C)N1c2ncccc2N(c2c(C)ccc3c2oc2ccccc23)C1C.[2H]C(C)(C)N1c2ncccc2N(c2c(C)ccc3c2oc2ccccc23)C1C.[2H]C([2H])([2H])N1c2ncccc2N(c2c(C)ccc3c2oc2ccccc23)C1C.[2H]C([2H])([2H])N1c2nccnc2N(c2c(C)ccc3c2oc2ccccc23)C1C. The Kier molecular flexibility index (Phi) is 18.1. The summed E-state index contributed by atoms with van der Waals surface area (Å²) in [5.41, 5.74) is 22.3. The van der Waals surface area contributed by atoms with Crippen molar-refractivity contribution >= 4 is 196 Å². The lowest BCUT2D eigenvalue weighted by molar-refractivity contribution is 0.598. The summed E-state index contributed by atoms with van der Waals surface area (Å²) < 4.78 is 106. The van der Waals surface area contributed by atoms with Crippen molar-refractivity contribution in [2.75, 3.05) is 63.0 Å². The minimum atomic E-state index is -2.34. The Labute approximate surface area is 774 Å². The topological polar surface area (TPSA) is 175 Å². The number of anilines is 15. The molecule has 0 radical (unpaired) electrons. The summed E-state index contributed by atoms with van der Waals surface area (Å²) in [6.45, 7) is 27.2. The number of nitrogens with zero attached hydrogens (tertiary/aromatic N) is 16. The number of pyridine rings is 4. The van der Waals surface area contributed by atoms with E-state index in [0.717, 1.165) is 206 Å². The monoisotopic (exact) mass is 1740 g/mol. The van der Waals surface area contributed by atoms with Crippen LogP contribution in [0.4, 0.5) is 86.1 Å². The van der Waals surface area contributed by atoms with Crippen molar-refractivity contribution in [2.45, 2.75) is 160 Å². The number of aromatic nitrogens is 6. The standard InChI is InChI=1S/3C23H23N3O.C21H19N3O.C20H18N4O/c2*1-14(2)25-16(4)26(19-9-7-13-24-23(19)25)21-15(3)11-12-18-17-8-5-6-10-20(17)27-22(18)21;1-14(2)25-16(4)26(23-19(25)9-7-13-24-23)21-15(3)11-12-18-17-8-5-6-10-20(17)27-22(18)21;1-13-10-11-16-15-7-4-5-9-18(15)25-20(16)19(13)24-14(2)23(3)21-17(24)8-6-12-22-21;1-12-8-9-15-14-6-4-5-7-16(14)25-18(15)17(12)24-13(2)23(3)19-20(24)22-11-10-21-19/h3*5-14,16H,1-4H3;4-12,14H,1-3H3;4-11,13H,1-3H3/i3*14D;2*3D3. The van der Waals surface area contributed by atoms with Crippen LogP contribution >= 0.6 is 0 Å². The van der Waals surface area contributed by atoms with Gasteiger partial charge in [0.1, 0.15) is 58.7 Å². The van der Waals surface area contributed by atoms with Gasteiger partial charge in [-0.2, -0.15) is 0 Å². The van der Waals surface area contributed by atoms with E-state index in [1.54, 1.807) is 24.8 Å². The summed E-state index contributed by atoms with van der Waals surface area (Å²) in [5.74, 6) is 3.86. The van der Waals surface area contributed by atoms with Gasteiger partial charge in [-0.05, 0) is 217 Å². The maximum atomic E-state index is 8.70. The van der Waals surface area contributed by atoms with E-state index in [2.05, 4.69) is 175 Å². The first-order valence-corrected chi connectivity index (χ1v) is 44.5. The number of fused-ring (bicyclic) bond motifs is 20. The molecule has 0 saturated carbocycles. The largest absolute Gasteiger partial charge is 0.454 e. The Morgan fingerprint density at radius 3 is 0.832 bits per heavy atom. The number of rotatable bonds is 8. The van der Waals surface area contributed by atoms with E-state index in [1.807, 2.05) is 237 Å². The number of hydrogen-bond acceptors (Lipinski definition) is 21. The second-order valence-corrected chi connectivity index (χ2v) is 34.8. The van der Waals surface area contributed by atoms with E-state index in [0.29, 0.717) is 17.5 Å². The zero-order chi connectivity index (χ0) is 98.1. The second-order valence-electron chi connectivity index (χ2n) is 34.8. The molecule has 0 fully saturated rings. The van der Waals surface area contributed by atoms with Gasteiger partial charge < -0.3 is 66.2 Å². The summed E-state index contributed by atoms with van der Waals surface area (Å²) >= 11 is 0. The van der Waals surface area contributed by atoms with Crippen LogP contribution in [0.5, 0.6) is 0 Å². The van der Waals surface area contributed by atoms with E-state index in [1.165, 1.54) is 16.0 Å². The number of para-hydroxylation sites is 5. The molecule has 5 unspecified atom stereocenters. The summed E-state index contributed by atoms with van der Waals surface area (Å²) in [7, 11) is 0. The van der Waals surface area contributed by atoms with Gasteiger partial charge in [0, 0.05) is 131 Å². The van der Waals surface area contributed by atoms with Gasteiger partial charge in [-0.1, -0.05) is 152 Å². The van der Waals surface area contributed by atoms with Crippen LogP contribution in [0, 0.1) is 34.6 Å². The molecule has 25 rings (SSSR count). The molecule has 0 amide bonds. The van der Waals surface area contributed by atoms with Gasteiger partial charge in [-0.15, -0.1) is 0 Å². The zero-order valence-corrected chi connectivity index (χ0v) is 76.0. The summed E-state index contributed by atoms with van der Waals surface area (Å²) in [6.07, 6.45) is 9.01. The molecule has 20 aromatic rings. The lowest BCUT2D eigenvalue weighted by atomic mass is 10.1. The highest BCUT2D eigenvalue weighted by molar-refractivity contribution is 6.16. The molecule has 15 heterocycles. The van der Waals surface area contributed by atoms with Crippen molar-refractivity contribution in [3.8, 4) is 0 Å². The van der Waals surface area contributed by atoms with Crippen LogP contribution in [0.3, 0.4) is 0 Å². The molecule has 21 nitrogen and oxygen atoms in total. The molecule has 656 valence electrons. The van der Waals surface area contributed by atoms with Crippen LogP contribution in [-0.2, 0) is 0 Å². The predicted molar refractivity (Wildman–Crippen MR) is 539 cm³/mol. The third kappa shape index (κ3) is 13.3. The molecule has 5 atom stereocenters. The van der Waals surface area contributed by atoms with Gasteiger partial charge >= 0.3 is 0 Å². The molecule has 5 aliphatic rings. The maximum Gasteiger partial charge on any atom is 0.178 e. The number of furan rings is 5. The van der Waals surface area contributed by atoms with E-state index in [9.17, 15) is 0 Å². The molecule has 21 heteroatoms. The molecular formula is C110H106N16O5. The van der Waals surface area contributed by atoms with E-state index < -0.39 is 44.3 Å². The van der Waals surface area contributed by atoms with Crippen LogP contribution < -0.4 is 49.0 Å². The first-order valence-electron chi connectivity index (χ1n) is 49.0. The van der Waals surface area contributed by atoms with E-state index in [4.69, 9.17) is 39.4 Å². The molecule has 0 saturated heterocycles. The lowest BCUT2D eigenvalue weighted by Gasteiger charge is -2.33. The molecule has 0 bridgehead atoms. The molecule has 0 N–H and O–H groups in total. The van der Waals surface area contributed by atoms with Crippen molar-refractivity contribution < 1.29 is 34.4 Å². The first kappa shape index (κ1) is 72.9. The van der Waals surface area contributed by atoms with Crippen molar-refractivity contribution in [1.29, 1.82) is 0 Å². The van der Waals surface area contributed by atoms with Gasteiger partial charge in [0.15, 0.2) is 62.8 Å². The Bertz CT molecular complexity index is 7170. The fourth-order valence-electron chi connectivity index (χ4n) is 20.3. The van der Waals surface area contributed by atoms with Gasteiger partial charge in [0.2, 0.25) is 0 Å². The van der Waals surface area contributed by atoms with Crippen LogP contribution in [0.2, 0.25) is 0 Å². The number of benzene rings is 10. The van der Waals surface area contributed by atoms with Crippen LogP contribution in [0.15, 0.2) is 290 Å². The zero-order valence-electron chi connectivity index (χ0n) is 85.0. The van der Waals surface area contributed by atoms with Crippen molar-refractivity contribution in [3.05, 3.63) is 296 Å². The minimum absolute atomic E-state index is 0.0603. The van der Waals surface area contributed by atoms with Crippen LogP contribution in [0.25, 0.3) is 110 Å². The Morgan fingerprint density at radius 2 is 0.496 bits per heavy atom. The van der Waals surface area contributed by atoms with Gasteiger partial charge in [-0.25, -0.2) is 29.9 Å². The predicted octanol–water partition coefficient (Wildman–Crippen LogP) is 27.8. The third-order valence-electron chi connectivity index (χ3n) is 26.1. The Hall–Kier alpha value is -15.1. The van der Waals surface area contributed by atoms with Crippen molar-refractivity contribution in [1.82, 2.24) is 29.9 Å². The summed E-state index contributed by atoms with van der Waals surface area (Å²) in [5, 5.41) is 10.7. The van der Waals surface area contributed by atoms with Crippen molar-refractivity contribution in [2.24, 2.45) is 0 Å². The second kappa shape index (κ2) is 32.6. The van der Waals surface area contributed by atoms with Gasteiger partial charge in [0.25, 0.3) is 0 Å². The van der Waals surface area contributed by atoms with Crippen LogP contribution in [-0.4, -0.2) is 92.7 Å². The van der Waals surface area contributed by atoms with Gasteiger partial charge in [0.05, 0.1) is 55.3 Å². The highest BCUT2D eigenvalue weighted by atomic mass is 16.3. The highest BCUT2D eigenvalue weighted by Gasteiger charge is 2.44. The smallest absolute Gasteiger partial charge is 0.178 e. The van der Waals surface area contributed by atoms with Crippen LogP contribution in [0.1, 0.15) is 116 Å². The van der Waals surface area contributed by atoms with Crippen molar-refractivity contribution in [3.63, 3.8) is 0 Å². The normalized spacial score (nSPS) is 18.2. The molecule has 0 aliphatic carbocycles. The maximum absolute atomic E-state index is 8.70. The molecule has 10 aromatic carbocycles. The molecule has 10 aromatic heterocycles. The number of hydrogen-bond donors (Lipinski definition) is 0. The minimum Gasteiger partial charge on any atom is -0.454 e. The summed E-state index contributed by atoms with van der Waals surface area (Å²) in [4.78, 5) is 46.7.